The van der Waals surface area contributed by atoms with Gasteiger partial charge in [0, 0.05) is 18.2 Å². The maximum absolute atomic E-state index is 10.9. The summed E-state index contributed by atoms with van der Waals surface area (Å²) in [5.74, 6) is -0.366. The van der Waals surface area contributed by atoms with Gasteiger partial charge in [0.1, 0.15) is 28.4 Å². The van der Waals surface area contributed by atoms with Gasteiger partial charge in [-0.05, 0) is 6.07 Å². The third-order valence-electron chi connectivity index (χ3n) is 1.85. The summed E-state index contributed by atoms with van der Waals surface area (Å²) in [6.45, 7) is 0. The maximum atomic E-state index is 10.9. The number of rotatable bonds is 2. The summed E-state index contributed by atoms with van der Waals surface area (Å²) in [7, 11) is 0. The fourth-order valence-corrected chi connectivity index (χ4v) is 1.51. The third-order valence-corrected chi connectivity index (χ3v) is 2.18. The van der Waals surface area contributed by atoms with E-state index in [9.17, 15) is 18.7 Å². The zero-order chi connectivity index (χ0) is 11.7. The molecule has 0 bridgehead atoms. The van der Waals surface area contributed by atoms with E-state index in [1.165, 1.54) is 12.1 Å². The minimum absolute atomic E-state index is 0.0490. The molecule has 0 aliphatic carbocycles. The predicted molar refractivity (Wildman–Crippen MR) is 53.7 cm³/mol. The fraction of sp³-hybridized carbons (Fsp3) is 0. The monoisotopic (exact) mass is 241 g/mol. The Morgan fingerprint density at radius 3 is 2.81 bits per heavy atom. The number of hydrogen-bond donors (Lipinski definition) is 1. The maximum Gasteiger partial charge on any atom is 0.336 e. The van der Waals surface area contributed by atoms with Crippen molar-refractivity contribution in [3.63, 3.8) is 0 Å². The van der Waals surface area contributed by atoms with Crippen LogP contribution in [0.3, 0.4) is 0 Å². The molecule has 0 radical (unpaired) electrons. The molecule has 1 N–H and O–H groups in total. The van der Waals surface area contributed by atoms with Crippen molar-refractivity contribution < 1.29 is 22.5 Å². The number of hydrogen-bond acceptors (Lipinski definition) is 6. The van der Waals surface area contributed by atoms with Crippen molar-refractivity contribution in [2.75, 3.05) is 0 Å². The topological polar surface area (TPSA) is 99.8 Å². The van der Waals surface area contributed by atoms with Gasteiger partial charge in [0.2, 0.25) is 0 Å². The second-order valence-electron chi connectivity index (χ2n) is 2.90. The van der Waals surface area contributed by atoms with Crippen LogP contribution in [-0.4, -0.2) is 13.9 Å². The minimum Gasteiger partial charge on any atom is -0.740 e. The Morgan fingerprint density at radius 1 is 1.38 bits per heavy atom. The molecule has 2 rings (SSSR count). The van der Waals surface area contributed by atoms with E-state index in [1.54, 1.807) is 0 Å². The molecule has 1 heterocycles. The smallest absolute Gasteiger partial charge is 0.336 e. The van der Waals surface area contributed by atoms with Crippen molar-refractivity contribution in [1.82, 2.24) is 0 Å². The lowest BCUT2D eigenvalue weighted by molar-refractivity contribution is 0.436. The highest BCUT2D eigenvalue weighted by atomic mass is 32.2. The molecule has 1 aromatic heterocycles. The number of benzene rings is 1. The van der Waals surface area contributed by atoms with E-state index < -0.39 is 17.0 Å². The number of phenols is 1. The average Bonchev–Trinajstić information content (AvgIpc) is 2.15. The lowest BCUT2D eigenvalue weighted by Crippen LogP contribution is -1.99. The first-order valence-corrected chi connectivity index (χ1v) is 5.11. The van der Waals surface area contributed by atoms with Gasteiger partial charge in [0.05, 0.1) is 5.39 Å². The number of phenolic OH excluding ortho intramolecular Hbond substituents is 1. The SMILES string of the molecule is O=c1ccc2c(O)cc(OS(=O)[O-])cc2o1. The summed E-state index contributed by atoms with van der Waals surface area (Å²) in [5, 5.41) is 9.81. The van der Waals surface area contributed by atoms with Crippen LogP contribution >= 0.6 is 0 Å². The minimum atomic E-state index is -2.75. The van der Waals surface area contributed by atoms with Crippen molar-refractivity contribution >= 4 is 22.3 Å². The zero-order valence-electron chi connectivity index (χ0n) is 7.71. The second kappa shape index (κ2) is 3.95. The van der Waals surface area contributed by atoms with E-state index >= 15 is 0 Å². The Hall–Kier alpha value is -1.86. The summed E-state index contributed by atoms with van der Waals surface area (Å²) in [6, 6.07) is 4.83. The Kier molecular flexibility index (Phi) is 2.63. The van der Waals surface area contributed by atoms with Gasteiger partial charge < -0.3 is 18.3 Å². The van der Waals surface area contributed by atoms with Gasteiger partial charge in [-0.3, -0.25) is 0 Å². The number of fused-ring (bicyclic) bond motifs is 1. The molecule has 0 aliphatic rings. The predicted octanol–water partition coefficient (Wildman–Crippen LogP) is 0.671. The van der Waals surface area contributed by atoms with Crippen LogP contribution in [-0.2, 0) is 11.4 Å². The Labute approximate surface area is 91.6 Å². The van der Waals surface area contributed by atoms with Gasteiger partial charge in [0.25, 0.3) is 0 Å². The van der Waals surface area contributed by atoms with Crippen LogP contribution in [0, 0.1) is 0 Å². The molecule has 2 aromatic rings. The van der Waals surface area contributed by atoms with E-state index in [2.05, 4.69) is 4.18 Å². The summed E-state index contributed by atoms with van der Waals surface area (Å²) in [5.41, 5.74) is -0.555. The van der Waals surface area contributed by atoms with Crippen LogP contribution in [0.4, 0.5) is 0 Å². The number of aromatic hydroxyl groups is 1. The van der Waals surface area contributed by atoms with Gasteiger partial charge in [-0.2, -0.15) is 0 Å². The van der Waals surface area contributed by atoms with Crippen LogP contribution in [0.1, 0.15) is 0 Å². The summed E-state index contributed by atoms with van der Waals surface area (Å²) in [4.78, 5) is 10.9. The standard InChI is InChI=1S/C9H6O6S/c10-7-3-5(15-16(12)13)4-8-6(7)1-2-9(11)14-8/h1-4,10H,(H,12,13)/p-1. The molecule has 1 unspecified atom stereocenters. The van der Waals surface area contributed by atoms with E-state index in [4.69, 9.17) is 4.42 Å². The Morgan fingerprint density at radius 2 is 2.12 bits per heavy atom. The highest BCUT2D eigenvalue weighted by Gasteiger charge is 2.06. The van der Waals surface area contributed by atoms with E-state index in [-0.39, 0.29) is 17.1 Å². The molecule has 0 spiro atoms. The van der Waals surface area contributed by atoms with Crippen molar-refractivity contribution in [3.05, 3.63) is 34.7 Å². The van der Waals surface area contributed by atoms with Crippen LogP contribution in [0.2, 0.25) is 0 Å². The molecule has 84 valence electrons. The molecule has 0 saturated carbocycles. The second-order valence-corrected chi connectivity index (χ2v) is 3.47. The van der Waals surface area contributed by atoms with Gasteiger partial charge in [-0.15, -0.1) is 0 Å². The first kappa shape index (κ1) is 10.7. The van der Waals surface area contributed by atoms with Gasteiger partial charge in [0.15, 0.2) is 0 Å². The largest absolute Gasteiger partial charge is 0.740 e. The molecule has 0 fully saturated rings. The van der Waals surface area contributed by atoms with Crippen molar-refractivity contribution in [1.29, 1.82) is 0 Å². The molecule has 1 aromatic carbocycles. The fourth-order valence-electron chi connectivity index (χ4n) is 1.26. The molecule has 0 amide bonds. The van der Waals surface area contributed by atoms with Crippen LogP contribution in [0.5, 0.6) is 11.5 Å². The molecular formula is C9H5O6S-. The van der Waals surface area contributed by atoms with Gasteiger partial charge in [-0.25, -0.2) is 9.00 Å². The van der Waals surface area contributed by atoms with E-state index in [1.807, 2.05) is 0 Å². The molecular weight excluding hydrogens is 236 g/mol. The summed E-state index contributed by atoms with van der Waals surface area (Å²) < 4.78 is 29.7. The molecule has 0 aliphatic heterocycles. The quantitative estimate of drug-likeness (QED) is 0.612. The third kappa shape index (κ3) is 2.05. The average molecular weight is 241 g/mol. The van der Waals surface area contributed by atoms with Crippen LogP contribution < -0.4 is 9.81 Å². The molecule has 1 atom stereocenters. The highest BCUT2D eigenvalue weighted by molar-refractivity contribution is 7.74. The van der Waals surface area contributed by atoms with Crippen LogP contribution in [0.15, 0.2) is 33.5 Å². The lowest BCUT2D eigenvalue weighted by atomic mass is 10.2. The van der Waals surface area contributed by atoms with Crippen LogP contribution in [0.25, 0.3) is 11.0 Å². The molecule has 16 heavy (non-hydrogen) atoms. The molecule has 0 saturated heterocycles. The summed E-state index contributed by atoms with van der Waals surface area (Å²) >= 11 is -2.75. The lowest BCUT2D eigenvalue weighted by Gasteiger charge is -2.08. The first-order valence-electron chi connectivity index (χ1n) is 4.11. The van der Waals surface area contributed by atoms with Crippen molar-refractivity contribution in [2.24, 2.45) is 0 Å². The zero-order valence-corrected chi connectivity index (χ0v) is 8.52. The van der Waals surface area contributed by atoms with Gasteiger partial charge in [-0.1, -0.05) is 0 Å². The van der Waals surface area contributed by atoms with Crippen molar-refractivity contribution in [2.45, 2.75) is 0 Å². The highest BCUT2D eigenvalue weighted by Crippen LogP contribution is 2.29. The first-order chi connectivity index (χ1) is 7.56. The van der Waals surface area contributed by atoms with Crippen molar-refractivity contribution in [3.8, 4) is 11.5 Å². The Balaban J connectivity index is 2.64. The molecule has 7 heteroatoms. The normalized spacial score (nSPS) is 12.6. The van der Waals surface area contributed by atoms with E-state index in [0.29, 0.717) is 5.39 Å². The summed E-state index contributed by atoms with van der Waals surface area (Å²) in [6.07, 6.45) is 0. The molecule has 6 nitrogen and oxygen atoms in total. The van der Waals surface area contributed by atoms with E-state index in [0.717, 1.165) is 12.1 Å². The van der Waals surface area contributed by atoms with Gasteiger partial charge >= 0.3 is 5.63 Å². The Bertz CT molecular complexity index is 617.